The van der Waals surface area contributed by atoms with Gasteiger partial charge in [0.05, 0.1) is 6.61 Å². The van der Waals surface area contributed by atoms with Gasteiger partial charge in [-0.2, -0.15) is 8.78 Å². The second kappa shape index (κ2) is 5.09. The molecule has 0 aromatic heterocycles. The van der Waals surface area contributed by atoms with Gasteiger partial charge in [0, 0.05) is 5.69 Å². The van der Waals surface area contributed by atoms with Crippen molar-refractivity contribution in [2.75, 3.05) is 12.3 Å². The fourth-order valence-corrected chi connectivity index (χ4v) is 1.23. The van der Waals surface area contributed by atoms with Crippen molar-refractivity contribution in [1.82, 2.24) is 0 Å². The third kappa shape index (κ3) is 2.91. The Kier molecular flexibility index (Phi) is 4.01. The molecular formula is C11H13F2NO3. The van der Waals surface area contributed by atoms with Crippen LogP contribution in [-0.2, 0) is 9.53 Å². The van der Waals surface area contributed by atoms with Crippen LogP contribution < -0.4 is 5.73 Å². The number of nitrogen functional groups attached to an aromatic ring is 1. The summed E-state index contributed by atoms with van der Waals surface area (Å²) in [7, 11) is 0. The molecule has 17 heavy (non-hydrogen) atoms. The molecule has 0 saturated heterocycles. The van der Waals surface area contributed by atoms with Gasteiger partial charge in [-0.15, -0.1) is 0 Å². The minimum atomic E-state index is -3.98. The van der Waals surface area contributed by atoms with Crippen LogP contribution in [0.3, 0.4) is 0 Å². The van der Waals surface area contributed by atoms with Gasteiger partial charge in [0.1, 0.15) is 0 Å². The summed E-state index contributed by atoms with van der Waals surface area (Å²) in [6.45, 7) is 1.23. The highest BCUT2D eigenvalue weighted by atomic mass is 19.3. The summed E-state index contributed by atoms with van der Waals surface area (Å²) < 4.78 is 31.1. The fourth-order valence-electron chi connectivity index (χ4n) is 1.23. The third-order valence-corrected chi connectivity index (χ3v) is 2.14. The normalized spacial score (nSPS) is 13.2. The first kappa shape index (κ1) is 13.4. The minimum absolute atomic E-state index is 0.0998. The Morgan fingerprint density at radius 2 is 2.00 bits per heavy atom. The molecule has 4 nitrogen and oxygen atoms in total. The zero-order chi connectivity index (χ0) is 13.1. The van der Waals surface area contributed by atoms with Crippen LogP contribution in [0.15, 0.2) is 24.3 Å². The Morgan fingerprint density at radius 3 is 2.47 bits per heavy atom. The Morgan fingerprint density at radius 1 is 1.47 bits per heavy atom. The summed E-state index contributed by atoms with van der Waals surface area (Å²) in [5, 5.41) is 9.44. The van der Waals surface area contributed by atoms with Crippen LogP contribution in [0.5, 0.6) is 0 Å². The lowest BCUT2D eigenvalue weighted by Gasteiger charge is -2.20. The number of carbonyl (C=O) groups is 1. The Hall–Kier alpha value is -1.69. The van der Waals surface area contributed by atoms with Crippen LogP contribution in [-0.4, -0.2) is 23.6 Å². The standard InChI is InChI=1S/C11H13F2NO3/c1-2-17-10(16)11(12,13)9(15)7-3-5-8(14)6-4-7/h3-6,9,15H,2,14H2,1H3. The lowest BCUT2D eigenvalue weighted by atomic mass is 10.0. The maximum atomic E-state index is 13.4. The number of anilines is 1. The van der Waals surface area contributed by atoms with Gasteiger partial charge >= 0.3 is 11.9 Å². The predicted molar refractivity (Wildman–Crippen MR) is 57.4 cm³/mol. The van der Waals surface area contributed by atoms with Gasteiger partial charge in [-0.25, -0.2) is 4.79 Å². The number of carbonyl (C=O) groups excluding carboxylic acids is 1. The summed E-state index contributed by atoms with van der Waals surface area (Å²) in [4.78, 5) is 11.0. The lowest BCUT2D eigenvalue weighted by Crippen LogP contribution is -2.37. The van der Waals surface area contributed by atoms with Crippen molar-refractivity contribution in [1.29, 1.82) is 0 Å². The minimum Gasteiger partial charge on any atom is -0.461 e. The molecular weight excluding hydrogens is 232 g/mol. The van der Waals surface area contributed by atoms with Crippen molar-refractivity contribution in [2.24, 2.45) is 0 Å². The van der Waals surface area contributed by atoms with Gasteiger partial charge in [0.15, 0.2) is 6.10 Å². The molecule has 1 atom stereocenters. The zero-order valence-corrected chi connectivity index (χ0v) is 9.19. The number of alkyl halides is 2. The van der Waals surface area contributed by atoms with Crippen LogP contribution in [0, 0.1) is 0 Å². The number of esters is 1. The average molecular weight is 245 g/mol. The first-order chi connectivity index (χ1) is 7.89. The lowest BCUT2D eigenvalue weighted by molar-refractivity contribution is -0.189. The van der Waals surface area contributed by atoms with Crippen molar-refractivity contribution in [2.45, 2.75) is 19.0 Å². The zero-order valence-electron chi connectivity index (χ0n) is 9.19. The molecule has 0 spiro atoms. The van der Waals surface area contributed by atoms with E-state index in [2.05, 4.69) is 4.74 Å². The van der Waals surface area contributed by atoms with E-state index in [1.165, 1.54) is 31.2 Å². The molecule has 0 aliphatic carbocycles. The Labute approximate surface area is 97.0 Å². The number of ether oxygens (including phenoxy) is 1. The number of nitrogens with two attached hydrogens (primary N) is 1. The molecule has 6 heteroatoms. The molecule has 1 aromatic carbocycles. The summed E-state index contributed by atoms with van der Waals surface area (Å²) in [5.74, 6) is -5.73. The maximum absolute atomic E-state index is 13.4. The number of hydrogen-bond acceptors (Lipinski definition) is 4. The smallest absolute Gasteiger partial charge is 0.380 e. The van der Waals surface area contributed by atoms with Crippen LogP contribution in [0.25, 0.3) is 0 Å². The van der Waals surface area contributed by atoms with E-state index >= 15 is 0 Å². The van der Waals surface area contributed by atoms with E-state index in [4.69, 9.17) is 5.73 Å². The van der Waals surface area contributed by atoms with Gasteiger partial charge in [0.2, 0.25) is 0 Å². The number of rotatable bonds is 4. The summed E-state index contributed by atoms with van der Waals surface area (Å²) in [5.41, 5.74) is 5.66. The molecule has 0 bridgehead atoms. The van der Waals surface area contributed by atoms with E-state index in [0.717, 1.165) is 0 Å². The van der Waals surface area contributed by atoms with Crippen LogP contribution >= 0.6 is 0 Å². The van der Waals surface area contributed by atoms with Gasteiger partial charge in [-0.3, -0.25) is 0 Å². The Bertz CT molecular complexity index is 392. The van der Waals surface area contributed by atoms with Crippen LogP contribution in [0.4, 0.5) is 14.5 Å². The van der Waals surface area contributed by atoms with Crippen molar-refractivity contribution < 1.29 is 23.4 Å². The van der Waals surface area contributed by atoms with Crippen molar-refractivity contribution in [3.8, 4) is 0 Å². The van der Waals surface area contributed by atoms with E-state index in [1.54, 1.807) is 0 Å². The van der Waals surface area contributed by atoms with Crippen molar-refractivity contribution in [3.63, 3.8) is 0 Å². The second-order valence-electron chi connectivity index (χ2n) is 3.41. The molecule has 1 unspecified atom stereocenters. The quantitative estimate of drug-likeness (QED) is 0.622. The van der Waals surface area contributed by atoms with E-state index < -0.39 is 18.0 Å². The Balaban J connectivity index is 2.91. The van der Waals surface area contributed by atoms with Crippen molar-refractivity contribution in [3.05, 3.63) is 29.8 Å². The molecule has 0 heterocycles. The van der Waals surface area contributed by atoms with E-state index in [-0.39, 0.29) is 12.2 Å². The average Bonchev–Trinajstić information content (AvgIpc) is 2.29. The molecule has 0 aliphatic rings. The first-order valence-corrected chi connectivity index (χ1v) is 4.98. The molecule has 1 aromatic rings. The van der Waals surface area contributed by atoms with Crippen LogP contribution in [0.1, 0.15) is 18.6 Å². The number of benzene rings is 1. The van der Waals surface area contributed by atoms with E-state index in [1.807, 2.05) is 0 Å². The second-order valence-corrected chi connectivity index (χ2v) is 3.41. The molecule has 0 radical (unpaired) electrons. The molecule has 0 amide bonds. The molecule has 3 N–H and O–H groups in total. The first-order valence-electron chi connectivity index (χ1n) is 4.98. The van der Waals surface area contributed by atoms with Gasteiger partial charge in [-0.05, 0) is 24.6 Å². The van der Waals surface area contributed by atoms with Crippen LogP contribution in [0.2, 0.25) is 0 Å². The maximum Gasteiger partial charge on any atom is 0.380 e. The fraction of sp³-hybridized carbons (Fsp3) is 0.364. The monoisotopic (exact) mass is 245 g/mol. The highest BCUT2D eigenvalue weighted by Gasteiger charge is 2.48. The predicted octanol–water partition coefficient (Wildman–Crippen LogP) is 1.50. The SMILES string of the molecule is CCOC(=O)C(F)(F)C(O)c1ccc(N)cc1. The summed E-state index contributed by atoms with van der Waals surface area (Å²) in [6.07, 6.45) is -2.25. The largest absolute Gasteiger partial charge is 0.461 e. The van der Waals surface area contributed by atoms with Gasteiger partial charge < -0.3 is 15.6 Å². The third-order valence-electron chi connectivity index (χ3n) is 2.14. The summed E-state index contributed by atoms with van der Waals surface area (Å²) in [6, 6.07) is 5.18. The number of aliphatic hydroxyl groups is 1. The van der Waals surface area contributed by atoms with Gasteiger partial charge in [0.25, 0.3) is 0 Å². The molecule has 1 rings (SSSR count). The summed E-state index contributed by atoms with van der Waals surface area (Å²) >= 11 is 0. The highest BCUT2D eigenvalue weighted by molar-refractivity contribution is 5.78. The topological polar surface area (TPSA) is 72.5 Å². The highest BCUT2D eigenvalue weighted by Crippen LogP contribution is 2.32. The number of aliphatic hydroxyl groups excluding tert-OH is 1. The van der Waals surface area contributed by atoms with Crippen molar-refractivity contribution >= 4 is 11.7 Å². The molecule has 0 saturated carbocycles. The van der Waals surface area contributed by atoms with E-state index in [0.29, 0.717) is 5.69 Å². The number of hydrogen-bond donors (Lipinski definition) is 2. The molecule has 0 fully saturated rings. The van der Waals surface area contributed by atoms with E-state index in [9.17, 15) is 18.7 Å². The molecule has 0 aliphatic heterocycles. The number of halogens is 2. The molecule has 94 valence electrons. The van der Waals surface area contributed by atoms with Gasteiger partial charge in [-0.1, -0.05) is 12.1 Å².